The Hall–Kier alpha value is -1.64. The van der Waals surface area contributed by atoms with Crippen LogP contribution in [0, 0.1) is 0 Å². The van der Waals surface area contributed by atoms with Crippen LogP contribution in [-0.4, -0.2) is 24.7 Å². The van der Waals surface area contributed by atoms with Gasteiger partial charge in [0.1, 0.15) is 0 Å². The second-order valence-corrected chi connectivity index (χ2v) is 5.22. The summed E-state index contributed by atoms with van der Waals surface area (Å²) in [5.74, 6) is -0.720. The van der Waals surface area contributed by atoms with Crippen LogP contribution < -0.4 is 4.90 Å². The molecular weight excluding hydrogens is 226 g/mol. The molecule has 18 heavy (non-hydrogen) atoms. The fourth-order valence-corrected chi connectivity index (χ4v) is 3.14. The smallest absolute Gasteiger partial charge is 0.228 e. The predicted octanol–water partition coefficient (Wildman–Crippen LogP) is 2.16. The standard InChI is InChI=1S/C15H17NO2/c1-10(17)15(18)13-8-11-4-2-6-16-7-3-5-12(9-13)14(11)16/h8-9H,2-7H2,1H3. The van der Waals surface area contributed by atoms with Gasteiger partial charge < -0.3 is 4.90 Å². The van der Waals surface area contributed by atoms with Crippen molar-refractivity contribution in [1.82, 2.24) is 0 Å². The highest BCUT2D eigenvalue weighted by molar-refractivity contribution is 6.43. The molecule has 0 atom stereocenters. The lowest BCUT2D eigenvalue weighted by molar-refractivity contribution is -0.113. The van der Waals surface area contributed by atoms with Crippen molar-refractivity contribution in [3.63, 3.8) is 0 Å². The maximum Gasteiger partial charge on any atom is 0.228 e. The average molecular weight is 243 g/mol. The number of nitrogens with zero attached hydrogens (tertiary/aromatic N) is 1. The van der Waals surface area contributed by atoms with Crippen molar-refractivity contribution >= 4 is 17.3 Å². The normalized spacial score (nSPS) is 17.3. The van der Waals surface area contributed by atoms with E-state index in [9.17, 15) is 9.59 Å². The minimum absolute atomic E-state index is 0.350. The maximum atomic E-state index is 11.8. The number of hydrogen-bond acceptors (Lipinski definition) is 3. The summed E-state index contributed by atoms with van der Waals surface area (Å²) in [4.78, 5) is 25.5. The van der Waals surface area contributed by atoms with Crippen molar-refractivity contribution in [3.8, 4) is 0 Å². The first-order valence-electron chi connectivity index (χ1n) is 6.63. The van der Waals surface area contributed by atoms with Crippen LogP contribution in [-0.2, 0) is 17.6 Å². The molecule has 0 bridgehead atoms. The lowest BCUT2D eigenvalue weighted by atomic mass is 9.89. The Morgan fingerprint density at radius 2 is 1.61 bits per heavy atom. The zero-order chi connectivity index (χ0) is 12.7. The Kier molecular flexibility index (Phi) is 2.69. The van der Waals surface area contributed by atoms with Gasteiger partial charge in [-0.15, -0.1) is 0 Å². The molecule has 0 N–H and O–H groups in total. The molecule has 0 radical (unpaired) electrons. The van der Waals surface area contributed by atoms with Crippen LogP contribution in [0.3, 0.4) is 0 Å². The first-order valence-corrected chi connectivity index (χ1v) is 6.63. The molecule has 0 fully saturated rings. The highest BCUT2D eigenvalue weighted by Crippen LogP contribution is 2.36. The molecule has 1 aromatic carbocycles. The third-order valence-electron chi connectivity index (χ3n) is 3.91. The summed E-state index contributed by atoms with van der Waals surface area (Å²) in [5.41, 5.74) is 4.43. The maximum absolute atomic E-state index is 11.8. The van der Waals surface area contributed by atoms with Crippen molar-refractivity contribution < 1.29 is 9.59 Å². The van der Waals surface area contributed by atoms with Crippen LogP contribution in [0.15, 0.2) is 12.1 Å². The van der Waals surface area contributed by atoms with Gasteiger partial charge in [0.05, 0.1) is 0 Å². The third-order valence-corrected chi connectivity index (χ3v) is 3.91. The van der Waals surface area contributed by atoms with Crippen LogP contribution in [0.2, 0.25) is 0 Å². The molecule has 2 heterocycles. The van der Waals surface area contributed by atoms with Crippen molar-refractivity contribution in [3.05, 3.63) is 28.8 Å². The Morgan fingerprint density at radius 1 is 1.06 bits per heavy atom. The van der Waals surface area contributed by atoms with E-state index in [-0.39, 0.29) is 11.6 Å². The topological polar surface area (TPSA) is 37.4 Å². The largest absolute Gasteiger partial charge is 0.371 e. The molecule has 2 aliphatic rings. The molecule has 0 aromatic heterocycles. The Balaban J connectivity index is 2.11. The number of carbonyl (C=O) groups is 2. The zero-order valence-corrected chi connectivity index (χ0v) is 10.7. The number of rotatable bonds is 2. The first-order chi connectivity index (χ1) is 8.66. The number of hydrogen-bond donors (Lipinski definition) is 0. The summed E-state index contributed by atoms with van der Waals surface area (Å²) in [7, 11) is 0. The van der Waals surface area contributed by atoms with Crippen LogP contribution in [0.4, 0.5) is 5.69 Å². The molecule has 0 unspecified atom stereocenters. The Morgan fingerprint density at radius 3 is 2.11 bits per heavy atom. The molecule has 0 saturated heterocycles. The number of anilines is 1. The second kappa shape index (κ2) is 4.23. The van der Waals surface area contributed by atoms with Gasteiger partial charge in [-0.3, -0.25) is 9.59 Å². The van der Waals surface area contributed by atoms with Crippen molar-refractivity contribution in [2.45, 2.75) is 32.6 Å². The van der Waals surface area contributed by atoms with Crippen molar-refractivity contribution in [1.29, 1.82) is 0 Å². The third kappa shape index (κ3) is 1.74. The van der Waals surface area contributed by atoms with Gasteiger partial charge in [-0.1, -0.05) is 0 Å². The molecule has 1 aromatic rings. The fourth-order valence-electron chi connectivity index (χ4n) is 3.14. The minimum Gasteiger partial charge on any atom is -0.371 e. The van der Waals surface area contributed by atoms with Gasteiger partial charge in [0, 0.05) is 31.3 Å². The number of benzene rings is 1. The lowest BCUT2D eigenvalue weighted by Crippen LogP contribution is -2.34. The number of aryl methyl sites for hydroxylation is 2. The SMILES string of the molecule is CC(=O)C(=O)c1cc2c3c(c1)CCCN3CCC2. The van der Waals surface area contributed by atoms with Crippen molar-refractivity contribution in [2.24, 2.45) is 0 Å². The van der Waals surface area contributed by atoms with Gasteiger partial charge in [-0.2, -0.15) is 0 Å². The van der Waals surface area contributed by atoms with Gasteiger partial charge in [-0.25, -0.2) is 0 Å². The molecule has 3 heteroatoms. The van der Waals surface area contributed by atoms with Crippen LogP contribution in [0.25, 0.3) is 0 Å². The molecule has 2 aliphatic heterocycles. The van der Waals surface area contributed by atoms with Gasteiger partial charge in [0.15, 0.2) is 5.78 Å². The van der Waals surface area contributed by atoms with Crippen LogP contribution in [0.5, 0.6) is 0 Å². The summed E-state index contributed by atoms with van der Waals surface area (Å²) in [6, 6.07) is 3.86. The molecule has 0 spiro atoms. The van der Waals surface area contributed by atoms with Gasteiger partial charge in [0.25, 0.3) is 0 Å². The molecule has 0 saturated carbocycles. The predicted molar refractivity (Wildman–Crippen MR) is 70.3 cm³/mol. The zero-order valence-electron chi connectivity index (χ0n) is 10.7. The van der Waals surface area contributed by atoms with Crippen LogP contribution in [0.1, 0.15) is 41.3 Å². The van der Waals surface area contributed by atoms with E-state index >= 15 is 0 Å². The molecule has 0 aliphatic carbocycles. The van der Waals surface area contributed by atoms with Crippen molar-refractivity contribution in [2.75, 3.05) is 18.0 Å². The van der Waals surface area contributed by atoms with Gasteiger partial charge in [-0.05, 0) is 48.9 Å². The quantitative estimate of drug-likeness (QED) is 0.590. The monoisotopic (exact) mass is 243 g/mol. The molecule has 0 amide bonds. The number of ketones is 2. The second-order valence-electron chi connectivity index (χ2n) is 5.22. The Labute approximate surface area is 107 Å². The molecule has 3 nitrogen and oxygen atoms in total. The van der Waals surface area contributed by atoms with E-state index in [1.54, 1.807) is 0 Å². The van der Waals surface area contributed by atoms with E-state index < -0.39 is 0 Å². The Bertz CT molecular complexity index is 502. The minimum atomic E-state index is -0.370. The van der Waals surface area contributed by atoms with E-state index in [1.165, 1.54) is 23.7 Å². The summed E-state index contributed by atoms with van der Waals surface area (Å²) in [5, 5.41) is 0. The summed E-state index contributed by atoms with van der Waals surface area (Å²) in [6.07, 6.45) is 4.34. The van der Waals surface area contributed by atoms with Gasteiger partial charge >= 0.3 is 0 Å². The molecule has 3 rings (SSSR count). The summed E-state index contributed by atoms with van der Waals surface area (Å²) in [6.45, 7) is 3.60. The first kappa shape index (κ1) is 11.5. The van der Waals surface area contributed by atoms with Crippen LogP contribution >= 0.6 is 0 Å². The highest BCUT2D eigenvalue weighted by Gasteiger charge is 2.25. The average Bonchev–Trinajstić information content (AvgIpc) is 2.38. The molecular formula is C15H17NO2. The van der Waals surface area contributed by atoms with E-state index in [2.05, 4.69) is 4.90 Å². The van der Waals surface area contributed by atoms with E-state index in [4.69, 9.17) is 0 Å². The number of carbonyl (C=O) groups excluding carboxylic acids is 2. The van der Waals surface area contributed by atoms with E-state index in [0.29, 0.717) is 5.56 Å². The van der Waals surface area contributed by atoms with Gasteiger partial charge in [0.2, 0.25) is 5.78 Å². The lowest BCUT2D eigenvalue weighted by Gasteiger charge is -2.37. The summed E-state index contributed by atoms with van der Waals surface area (Å²) < 4.78 is 0. The molecule has 94 valence electrons. The highest BCUT2D eigenvalue weighted by atomic mass is 16.2. The fraction of sp³-hybridized carbons (Fsp3) is 0.467. The van der Waals surface area contributed by atoms with E-state index in [0.717, 1.165) is 38.8 Å². The summed E-state index contributed by atoms with van der Waals surface area (Å²) >= 11 is 0. The number of Topliss-reactive ketones (excluding diaryl/α,β-unsaturated/α-hetero) is 2. The van der Waals surface area contributed by atoms with E-state index in [1.807, 2.05) is 12.1 Å².